The van der Waals surface area contributed by atoms with E-state index in [2.05, 4.69) is 21.0 Å². The summed E-state index contributed by atoms with van der Waals surface area (Å²) in [5.74, 6) is 0. The van der Waals surface area contributed by atoms with Crippen LogP contribution in [-0.4, -0.2) is 16.4 Å². The van der Waals surface area contributed by atoms with Crippen LogP contribution in [0.3, 0.4) is 0 Å². The molecular formula is C9H10BrN3O. The zero-order valence-electron chi connectivity index (χ0n) is 7.61. The summed E-state index contributed by atoms with van der Waals surface area (Å²) in [6.07, 6.45) is 3.21. The van der Waals surface area contributed by atoms with Crippen LogP contribution < -0.4 is 0 Å². The van der Waals surface area contributed by atoms with Gasteiger partial charge in [-0.15, -0.1) is 0 Å². The average Bonchev–Trinajstić information content (AvgIpc) is 2.61. The summed E-state index contributed by atoms with van der Waals surface area (Å²) in [6.45, 7) is 0.777. The highest BCUT2D eigenvalue weighted by molar-refractivity contribution is 9.10. The molecule has 0 saturated carbocycles. The first-order chi connectivity index (χ1) is 6.81. The molecule has 0 bridgehead atoms. The Balaban J connectivity index is 2.22. The van der Waals surface area contributed by atoms with Crippen LogP contribution in [0, 0.1) is 11.3 Å². The number of hydrogen-bond donors (Lipinski definition) is 0. The minimum Gasteiger partial charge on any atom is -0.356 e. The van der Waals surface area contributed by atoms with Crippen molar-refractivity contribution < 1.29 is 4.74 Å². The summed E-state index contributed by atoms with van der Waals surface area (Å²) in [5, 5.41) is 12.8. The van der Waals surface area contributed by atoms with Gasteiger partial charge in [-0.1, -0.05) is 0 Å². The van der Waals surface area contributed by atoms with Crippen LogP contribution in [0.2, 0.25) is 0 Å². The average molecular weight is 256 g/mol. The van der Waals surface area contributed by atoms with E-state index in [1.54, 1.807) is 10.7 Å². The van der Waals surface area contributed by atoms with E-state index in [4.69, 9.17) is 10.00 Å². The van der Waals surface area contributed by atoms with Gasteiger partial charge in [0.15, 0.2) is 11.9 Å². The van der Waals surface area contributed by atoms with Crippen LogP contribution in [0.15, 0.2) is 10.7 Å². The van der Waals surface area contributed by atoms with Gasteiger partial charge in [0.25, 0.3) is 0 Å². The summed E-state index contributed by atoms with van der Waals surface area (Å²) in [7, 11) is 0. The van der Waals surface area contributed by atoms with Gasteiger partial charge >= 0.3 is 0 Å². The summed E-state index contributed by atoms with van der Waals surface area (Å²) >= 11 is 3.36. The lowest BCUT2D eigenvalue weighted by molar-refractivity contribution is -0.0409. The quantitative estimate of drug-likeness (QED) is 0.774. The molecule has 0 spiro atoms. The van der Waals surface area contributed by atoms with Gasteiger partial charge in [0.05, 0.1) is 0 Å². The fraction of sp³-hybridized carbons (Fsp3) is 0.556. The lowest BCUT2D eigenvalue weighted by Crippen LogP contribution is -2.19. The molecule has 1 aromatic heterocycles. The van der Waals surface area contributed by atoms with Crippen molar-refractivity contribution in [2.45, 2.75) is 25.5 Å². The lowest BCUT2D eigenvalue weighted by Gasteiger charge is -2.23. The predicted molar refractivity (Wildman–Crippen MR) is 53.5 cm³/mol. The van der Waals surface area contributed by atoms with Crippen molar-refractivity contribution in [2.75, 3.05) is 6.61 Å². The maximum atomic E-state index is 8.69. The molecule has 1 unspecified atom stereocenters. The van der Waals surface area contributed by atoms with E-state index in [9.17, 15) is 0 Å². The van der Waals surface area contributed by atoms with Crippen molar-refractivity contribution in [1.82, 2.24) is 9.78 Å². The summed E-state index contributed by atoms with van der Waals surface area (Å²) in [5.41, 5.74) is 0.422. The molecule has 0 amide bonds. The van der Waals surface area contributed by atoms with Crippen LogP contribution in [0.25, 0.3) is 0 Å². The second-order valence-electron chi connectivity index (χ2n) is 3.23. The number of hydrogen-bond acceptors (Lipinski definition) is 3. The van der Waals surface area contributed by atoms with E-state index in [1.165, 1.54) is 0 Å². The number of aromatic nitrogens is 2. The van der Waals surface area contributed by atoms with E-state index in [1.807, 2.05) is 6.07 Å². The normalized spacial score (nSPS) is 21.9. The van der Waals surface area contributed by atoms with Crippen LogP contribution in [0.5, 0.6) is 0 Å². The second kappa shape index (κ2) is 4.11. The number of nitriles is 1. The van der Waals surface area contributed by atoms with Gasteiger partial charge in [0.1, 0.15) is 10.7 Å². The third-order valence-electron chi connectivity index (χ3n) is 2.23. The van der Waals surface area contributed by atoms with Crippen molar-refractivity contribution in [3.63, 3.8) is 0 Å². The van der Waals surface area contributed by atoms with Crippen molar-refractivity contribution in [1.29, 1.82) is 5.26 Å². The summed E-state index contributed by atoms with van der Waals surface area (Å²) in [4.78, 5) is 0. The molecule has 1 atom stereocenters. The SMILES string of the molecule is N#Cc1cc(Br)n(C2CCCCO2)n1. The molecule has 0 N–H and O–H groups in total. The molecule has 4 nitrogen and oxygen atoms in total. The van der Waals surface area contributed by atoms with Gasteiger partial charge in [0, 0.05) is 12.7 Å². The molecule has 2 heterocycles. The first-order valence-corrected chi connectivity index (χ1v) is 5.37. The Morgan fingerprint density at radius 2 is 2.50 bits per heavy atom. The molecule has 1 aliphatic heterocycles. The largest absolute Gasteiger partial charge is 0.356 e. The van der Waals surface area contributed by atoms with Gasteiger partial charge < -0.3 is 4.74 Å². The Morgan fingerprint density at radius 3 is 3.07 bits per heavy atom. The fourth-order valence-electron chi connectivity index (χ4n) is 1.54. The highest BCUT2D eigenvalue weighted by Gasteiger charge is 2.19. The van der Waals surface area contributed by atoms with E-state index in [0.717, 1.165) is 30.5 Å². The van der Waals surface area contributed by atoms with Crippen molar-refractivity contribution in [3.8, 4) is 6.07 Å². The zero-order valence-corrected chi connectivity index (χ0v) is 9.20. The van der Waals surface area contributed by atoms with E-state index < -0.39 is 0 Å². The van der Waals surface area contributed by atoms with Crippen molar-refractivity contribution >= 4 is 15.9 Å². The first kappa shape index (κ1) is 9.69. The monoisotopic (exact) mass is 255 g/mol. The Morgan fingerprint density at radius 1 is 1.64 bits per heavy atom. The molecule has 1 fully saturated rings. The Bertz CT molecular complexity index is 363. The van der Waals surface area contributed by atoms with Crippen LogP contribution >= 0.6 is 15.9 Å². The van der Waals surface area contributed by atoms with Gasteiger partial charge in [-0.2, -0.15) is 10.4 Å². The third-order valence-corrected chi connectivity index (χ3v) is 2.83. The highest BCUT2D eigenvalue weighted by atomic mass is 79.9. The molecule has 74 valence electrons. The van der Waals surface area contributed by atoms with Crippen LogP contribution in [-0.2, 0) is 4.74 Å². The molecule has 2 rings (SSSR count). The van der Waals surface area contributed by atoms with E-state index in [-0.39, 0.29) is 6.23 Å². The molecule has 1 aromatic rings. The molecule has 5 heteroatoms. The number of ether oxygens (including phenoxy) is 1. The molecule has 14 heavy (non-hydrogen) atoms. The van der Waals surface area contributed by atoms with Crippen molar-refractivity contribution in [2.24, 2.45) is 0 Å². The third kappa shape index (κ3) is 1.81. The Hall–Kier alpha value is -0.860. The minimum atomic E-state index is -0.0137. The van der Waals surface area contributed by atoms with Crippen LogP contribution in [0.4, 0.5) is 0 Å². The smallest absolute Gasteiger partial charge is 0.163 e. The van der Waals surface area contributed by atoms with E-state index in [0.29, 0.717) is 5.69 Å². The molecule has 1 aliphatic rings. The van der Waals surface area contributed by atoms with Gasteiger partial charge in [-0.3, -0.25) is 0 Å². The Labute approximate surface area is 90.6 Å². The second-order valence-corrected chi connectivity index (χ2v) is 4.04. The van der Waals surface area contributed by atoms with Gasteiger partial charge in [-0.05, 0) is 35.2 Å². The van der Waals surface area contributed by atoms with Gasteiger partial charge in [0.2, 0.25) is 0 Å². The predicted octanol–water partition coefficient (Wildman–Crippen LogP) is 2.22. The molecule has 0 aliphatic carbocycles. The molecular weight excluding hydrogens is 246 g/mol. The minimum absolute atomic E-state index is 0.0137. The maximum absolute atomic E-state index is 8.69. The van der Waals surface area contributed by atoms with E-state index >= 15 is 0 Å². The fourth-order valence-corrected chi connectivity index (χ4v) is 2.07. The first-order valence-electron chi connectivity index (χ1n) is 4.58. The standard InChI is InChI=1S/C9H10BrN3O/c10-8-5-7(6-11)12-13(8)9-3-1-2-4-14-9/h5,9H,1-4H2. The molecule has 0 radical (unpaired) electrons. The highest BCUT2D eigenvalue weighted by Crippen LogP contribution is 2.25. The van der Waals surface area contributed by atoms with Crippen molar-refractivity contribution in [3.05, 3.63) is 16.4 Å². The molecule has 0 aromatic carbocycles. The summed E-state index contributed by atoms with van der Waals surface area (Å²) in [6, 6.07) is 3.72. The lowest BCUT2D eigenvalue weighted by atomic mass is 10.2. The van der Waals surface area contributed by atoms with Crippen LogP contribution in [0.1, 0.15) is 31.2 Å². The number of nitrogens with zero attached hydrogens (tertiary/aromatic N) is 3. The zero-order chi connectivity index (χ0) is 9.97. The van der Waals surface area contributed by atoms with Gasteiger partial charge in [-0.25, -0.2) is 4.68 Å². The molecule has 1 saturated heterocycles. The topological polar surface area (TPSA) is 50.8 Å². The number of halogens is 1. The summed E-state index contributed by atoms with van der Waals surface area (Å²) < 4.78 is 8.10. The number of rotatable bonds is 1. The maximum Gasteiger partial charge on any atom is 0.163 e. The Kier molecular flexibility index (Phi) is 2.85.